The lowest BCUT2D eigenvalue weighted by Gasteiger charge is -2.25. The Morgan fingerprint density at radius 2 is 1.67 bits per heavy atom. The summed E-state index contributed by atoms with van der Waals surface area (Å²) in [7, 11) is 1.58. The fourth-order valence-electron chi connectivity index (χ4n) is 4.60. The molecule has 1 amide bonds. The highest BCUT2D eigenvalue weighted by Gasteiger charge is 2.45. The Kier molecular flexibility index (Phi) is 6.01. The van der Waals surface area contributed by atoms with Crippen LogP contribution in [0.15, 0.2) is 78.5 Å². The number of likely N-dealkylation sites (tertiary alicyclic amines) is 1. The standard InChI is InChI=1S/C28H22F2N2O4/c1-36-21-10-11-23-22(14-21)18(15-31-23)12-13-32-25(16-2-6-19(29)7-3-16)24(27(34)28(32)35)26(33)17-4-8-20(30)9-5-17/h2-11,14-15,25,31,33H,12-13H2,1H3/t25-/m1/s1. The van der Waals surface area contributed by atoms with Crippen molar-refractivity contribution in [2.75, 3.05) is 13.7 Å². The van der Waals surface area contributed by atoms with E-state index in [1.165, 1.54) is 41.3 Å². The topological polar surface area (TPSA) is 82.6 Å². The summed E-state index contributed by atoms with van der Waals surface area (Å²) in [6.07, 6.45) is 2.25. The zero-order valence-corrected chi connectivity index (χ0v) is 19.3. The lowest BCUT2D eigenvalue weighted by molar-refractivity contribution is -0.139. The van der Waals surface area contributed by atoms with Gasteiger partial charge in [0.2, 0.25) is 0 Å². The van der Waals surface area contributed by atoms with E-state index in [9.17, 15) is 23.5 Å². The number of Topliss-reactive ketones (excluding diaryl/α,β-unsaturated/α-hetero) is 1. The SMILES string of the molecule is COc1ccc2[nH]cc(CCN3C(=O)C(=O)C(=C(O)c4ccc(F)cc4)[C@H]3c3ccc(F)cc3)c2c1. The number of ether oxygens (including phenoxy) is 1. The van der Waals surface area contributed by atoms with Crippen LogP contribution in [-0.4, -0.2) is 40.3 Å². The summed E-state index contributed by atoms with van der Waals surface area (Å²) >= 11 is 0. The number of methoxy groups -OCH3 is 1. The number of aromatic amines is 1. The van der Waals surface area contributed by atoms with Gasteiger partial charge in [0.1, 0.15) is 23.1 Å². The molecule has 1 aliphatic heterocycles. The predicted octanol–water partition coefficient (Wildman–Crippen LogP) is 5.12. The van der Waals surface area contributed by atoms with Gasteiger partial charge in [-0.3, -0.25) is 9.59 Å². The first kappa shape index (κ1) is 23.3. The molecule has 182 valence electrons. The Labute approximate surface area is 205 Å². The molecule has 1 aliphatic rings. The van der Waals surface area contributed by atoms with Crippen molar-refractivity contribution in [3.63, 3.8) is 0 Å². The monoisotopic (exact) mass is 488 g/mol. The van der Waals surface area contributed by atoms with Crippen LogP contribution in [0.4, 0.5) is 8.78 Å². The van der Waals surface area contributed by atoms with Gasteiger partial charge in [-0.2, -0.15) is 0 Å². The molecule has 2 heterocycles. The number of nitrogens with zero attached hydrogens (tertiary/aromatic N) is 1. The number of amides is 1. The second-order valence-corrected chi connectivity index (χ2v) is 8.53. The molecule has 36 heavy (non-hydrogen) atoms. The van der Waals surface area contributed by atoms with E-state index in [2.05, 4.69) is 4.98 Å². The molecule has 0 saturated carbocycles. The third-order valence-corrected chi connectivity index (χ3v) is 6.44. The smallest absolute Gasteiger partial charge is 0.295 e. The van der Waals surface area contributed by atoms with Crippen molar-refractivity contribution >= 4 is 28.4 Å². The Morgan fingerprint density at radius 1 is 1.00 bits per heavy atom. The van der Waals surface area contributed by atoms with Crippen molar-refractivity contribution in [2.24, 2.45) is 0 Å². The summed E-state index contributed by atoms with van der Waals surface area (Å²) in [6.45, 7) is 0.164. The molecule has 0 aliphatic carbocycles. The Balaban J connectivity index is 1.55. The fourth-order valence-corrected chi connectivity index (χ4v) is 4.60. The van der Waals surface area contributed by atoms with Gasteiger partial charge in [0, 0.05) is 29.2 Å². The predicted molar refractivity (Wildman–Crippen MR) is 130 cm³/mol. The summed E-state index contributed by atoms with van der Waals surface area (Å²) in [4.78, 5) is 30.8. The van der Waals surface area contributed by atoms with Crippen LogP contribution in [0.1, 0.15) is 22.7 Å². The van der Waals surface area contributed by atoms with Crippen LogP contribution in [0.2, 0.25) is 0 Å². The number of H-pyrrole nitrogens is 1. The van der Waals surface area contributed by atoms with E-state index >= 15 is 0 Å². The normalized spacial score (nSPS) is 17.2. The van der Waals surface area contributed by atoms with Crippen molar-refractivity contribution in [3.05, 3.63) is 107 Å². The van der Waals surface area contributed by atoms with Crippen LogP contribution < -0.4 is 4.74 Å². The second kappa shape index (κ2) is 9.30. The summed E-state index contributed by atoms with van der Waals surface area (Å²) < 4.78 is 32.4. The lowest BCUT2D eigenvalue weighted by Crippen LogP contribution is -2.31. The number of rotatable bonds is 6. The molecule has 3 aromatic carbocycles. The molecule has 1 saturated heterocycles. The first-order valence-corrected chi connectivity index (χ1v) is 11.3. The minimum Gasteiger partial charge on any atom is -0.507 e. The number of aromatic nitrogens is 1. The Morgan fingerprint density at radius 3 is 2.33 bits per heavy atom. The number of carbonyl (C=O) groups is 2. The minimum absolute atomic E-state index is 0.126. The summed E-state index contributed by atoms with van der Waals surface area (Å²) in [6, 6.07) is 15.1. The summed E-state index contributed by atoms with van der Waals surface area (Å²) in [5, 5.41) is 11.9. The van der Waals surface area contributed by atoms with Gasteiger partial charge in [0.25, 0.3) is 11.7 Å². The maximum atomic E-state index is 13.7. The maximum absolute atomic E-state index is 13.7. The number of benzene rings is 3. The van der Waals surface area contributed by atoms with Crippen molar-refractivity contribution in [1.29, 1.82) is 0 Å². The number of aliphatic hydroxyl groups excluding tert-OH is 1. The number of aliphatic hydroxyl groups is 1. The lowest BCUT2D eigenvalue weighted by atomic mass is 9.95. The van der Waals surface area contributed by atoms with E-state index in [-0.39, 0.29) is 17.7 Å². The number of carbonyl (C=O) groups excluding carboxylic acids is 2. The van der Waals surface area contributed by atoms with Crippen LogP contribution in [0, 0.1) is 11.6 Å². The maximum Gasteiger partial charge on any atom is 0.295 e. The molecule has 1 aromatic heterocycles. The molecule has 1 atom stereocenters. The van der Waals surface area contributed by atoms with Gasteiger partial charge in [-0.05, 0) is 72.1 Å². The molecular weight excluding hydrogens is 466 g/mol. The van der Waals surface area contributed by atoms with E-state index in [1.54, 1.807) is 7.11 Å². The zero-order chi connectivity index (χ0) is 25.4. The first-order chi connectivity index (χ1) is 17.4. The van der Waals surface area contributed by atoms with Gasteiger partial charge in [0.05, 0.1) is 18.7 Å². The number of halogens is 2. The summed E-state index contributed by atoms with van der Waals surface area (Å²) in [5.41, 5.74) is 2.37. The van der Waals surface area contributed by atoms with Crippen LogP contribution in [0.25, 0.3) is 16.7 Å². The highest BCUT2D eigenvalue weighted by molar-refractivity contribution is 6.46. The van der Waals surface area contributed by atoms with E-state index in [0.717, 1.165) is 28.6 Å². The number of hydrogen-bond donors (Lipinski definition) is 2. The van der Waals surface area contributed by atoms with Crippen LogP contribution in [-0.2, 0) is 16.0 Å². The van der Waals surface area contributed by atoms with E-state index < -0.39 is 35.1 Å². The van der Waals surface area contributed by atoms with Gasteiger partial charge >= 0.3 is 0 Å². The zero-order valence-electron chi connectivity index (χ0n) is 19.3. The number of nitrogens with one attached hydrogen (secondary N) is 1. The highest BCUT2D eigenvalue weighted by Crippen LogP contribution is 2.39. The molecule has 0 unspecified atom stereocenters. The van der Waals surface area contributed by atoms with E-state index in [1.807, 2.05) is 24.4 Å². The third kappa shape index (κ3) is 4.11. The van der Waals surface area contributed by atoms with Crippen LogP contribution in [0.5, 0.6) is 5.75 Å². The fraction of sp³-hybridized carbons (Fsp3) is 0.143. The second-order valence-electron chi connectivity index (χ2n) is 8.53. The first-order valence-electron chi connectivity index (χ1n) is 11.3. The molecule has 2 N–H and O–H groups in total. The van der Waals surface area contributed by atoms with Crippen LogP contribution in [0.3, 0.4) is 0 Å². The van der Waals surface area contributed by atoms with Gasteiger partial charge in [-0.25, -0.2) is 8.78 Å². The van der Waals surface area contributed by atoms with Crippen molar-refractivity contribution in [1.82, 2.24) is 9.88 Å². The van der Waals surface area contributed by atoms with Gasteiger partial charge in [-0.15, -0.1) is 0 Å². The highest BCUT2D eigenvalue weighted by atomic mass is 19.1. The van der Waals surface area contributed by atoms with Gasteiger partial charge in [0.15, 0.2) is 0 Å². The molecule has 1 fully saturated rings. The number of fused-ring (bicyclic) bond motifs is 1. The van der Waals surface area contributed by atoms with E-state index in [4.69, 9.17) is 4.74 Å². The Hall–Kier alpha value is -4.46. The number of ketones is 1. The van der Waals surface area contributed by atoms with E-state index in [0.29, 0.717) is 17.7 Å². The van der Waals surface area contributed by atoms with Crippen molar-refractivity contribution < 1.29 is 28.2 Å². The largest absolute Gasteiger partial charge is 0.507 e. The number of hydrogen-bond acceptors (Lipinski definition) is 4. The van der Waals surface area contributed by atoms with Crippen LogP contribution >= 0.6 is 0 Å². The van der Waals surface area contributed by atoms with Gasteiger partial charge in [-0.1, -0.05) is 12.1 Å². The van der Waals surface area contributed by atoms with Gasteiger partial charge < -0.3 is 19.7 Å². The Bertz CT molecular complexity index is 1490. The molecule has 6 nitrogen and oxygen atoms in total. The van der Waals surface area contributed by atoms with Crippen molar-refractivity contribution in [2.45, 2.75) is 12.5 Å². The average molecular weight is 488 g/mol. The minimum atomic E-state index is -0.935. The molecule has 5 rings (SSSR count). The molecule has 0 radical (unpaired) electrons. The molecular formula is C28H22F2N2O4. The molecule has 4 aromatic rings. The summed E-state index contributed by atoms with van der Waals surface area (Å²) in [5.74, 6) is -2.33. The third-order valence-electron chi connectivity index (χ3n) is 6.44. The van der Waals surface area contributed by atoms with Crippen molar-refractivity contribution in [3.8, 4) is 5.75 Å². The molecule has 0 spiro atoms. The molecule has 0 bridgehead atoms. The molecule has 8 heteroatoms. The quantitative estimate of drug-likeness (QED) is 0.224. The average Bonchev–Trinajstić information content (AvgIpc) is 3.40.